The monoisotopic (exact) mass is 348 g/mol. The molecule has 6 heteroatoms. The zero-order valence-corrected chi connectivity index (χ0v) is 14.5. The number of nitrogens with zero attached hydrogens (tertiary/aromatic N) is 3. The van der Waals surface area contributed by atoms with Gasteiger partial charge in [-0.2, -0.15) is 0 Å². The lowest BCUT2D eigenvalue weighted by molar-refractivity contribution is 0.0946. The van der Waals surface area contributed by atoms with Crippen molar-refractivity contribution in [3.8, 4) is 10.4 Å². The number of hydrogen-bond donors (Lipinski definition) is 1. The van der Waals surface area contributed by atoms with Crippen LogP contribution in [0.5, 0.6) is 0 Å². The molecule has 0 aliphatic heterocycles. The quantitative estimate of drug-likeness (QED) is 0.612. The van der Waals surface area contributed by atoms with E-state index < -0.39 is 0 Å². The molecule has 0 spiro atoms. The van der Waals surface area contributed by atoms with Crippen molar-refractivity contribution in [3.05, 3.63) is 78.0 Å². The van der Waals surface area contributed by atoms with Gasteiger partial charge >= 0.3 is 0 Å². The molecule has 0 unspecified atom stereocenters. The Balaban J connectivity index is 1.51. The lowest BCUT2D eigenvalue weighted by atomic mass is 10.1. The molecule has 0 radical (unpaired) electrons. The highest BCUT2D eigenvalue weighted by atomic mass is 32.1. The number of fused-ring (bicyclic) bond motifs is 1. The Labute approximate surface area is 149 Å². The van der Waals surface area contributed by atoms with Crippen LogP contribution in [0.1, 0.15) is 21.7 Å². The fourth-order valence-electron chi connectivity index (χ4n) is 2.52. The Bertz CT molecular complexity index is 987. The molecule has 3 heterocycles. The zero-order valence-electron chi connectivity index (χ0n) is 13.6. The summed E-state index contributed by atoms with van der Waals surface area (Å²) in [5.74, 6) is -0.196. The van der Waals surface area contributed by atoms with E-state index in [1.54, 1.807) is 23.7 Å². The number of carbonyl (C=O) groups excluding carboxylic acids is 1. The van der Waals surface area contributed by atoms with Gasteiger partial charge in [0.1, 0.15) is 5.69 Å². The van der Waals surface area contributed by atoms with E-state index in [9.17, 15) is 4.79 Å². The maximum Gasteiger partial charge on any atom is 0.271 e. The molecule has 4 rings (SSSR count). The van der Waals surface area contributed by atoms with E-state index in [2.05, 4.69) is 46.5 Å². The zero-order chi connectivity index (χ0) is 17.2. The minimum absolute atomic E-state index is 0.196. The van der Waals surface area contributed by atoms with E-state index in [1.165, 1.54) is 5.56 Å². The van der Waals surface area contributed by atoms with Crippen molar-refractivity contribution in [2.24, 2.45) is 0 Å². The Kier molecular flexibility index (Phi) is 4.03. The number of pyridine rings is 1. The summed E-state index contributed by atoms with van der Waals surface area (Å²) in [4.78, 5) is 22.8. The first kappa shape index (κ1) is 15.5. The van der Waals surface area contributed by atoms with Gasteiger partial charge in [0.25, 0.3) is 5.91 Å². The molecule has 124 valence electrons. The third-order valence-electron chi connectivity index (χ3n) is 3.88. The molecule has 5 nitrogen and oxygen atoms in total. The molecular weight excluding hydrogens is 332 g/mol. The van der Waals surface area contributed by atoms with Crippen LogP contribution in [-0.4, -0.2) is 20.3 Å². The highest BCUT2D eigenvalue weighted by molar-refractivity contribution is 7.20. The van der Waals surface area contributed by atoms with Crippen LogP contribution < -0.4 is 5.32 Å². The van der Waals surface area contributed by atoms with Gasteiger partial charge in [0.15, 0.2) is 4.96 Å². The van der Waals surface area contributed by atoms with E-state index in [0.29, 0.717) is 12.2 Å². The van der Waals surface area contributed by atoms with Gasteiger partial charge in [-0.15, -0.1) is 0 Å². The molecule has 0 fully saturated rings. The first-order valence-corrected chi connectivity index (χ1v) is 8.74. The van der Waals surface area contributed by atoms with Crippen molar-refractivity contribution >= 4 is 22.2 Å². The fourth-order valence-corrected chi connectivity index (χ4v) is 3.49. The number of hydrogen-bond acceptors (Lipinski definition) is 4. The first-order chi connectivity index (χ1) is 12.2. The van der Waals surface area contributed by atoms with Crippen molar-refractivity contribution in [3.63, 3.8) is 0 Å². The Morgan fingerprint density at radius 3 is 2.72 bits per heavy atom. The number of rotatable bonds is 4. The molecule has 0 saturated carbocycles. The predicted octanol–water partition coefficient (Wildman–Crippen LogP) is 3.70. The third-order valence-corrected chi connectivity index (χ3v) is 4.93. The van der Waals surface area contributed by atoms with Crippen LogP contribution in [0.4, 0.5) is 0 Å². The van der Waals surface area contributed by atoms with Gasteiger partial charge in [0.2, 0.25) is 0 Å². The Morgan fingerprint density at radius 2 is 2.00 bits per heavy atom. The maximum atomic E-state index is 12.3. The molecule has 25 heavy (non-hydrogen) atoms. The molecular formula is C19H16N4OS. The number of nitrogens with one attached hydrogen (secondary N) is 1. The lowest BCUT2D eigenvalue weighted by Crippen LogP contribution is -2.23. The predicted molar refractivity (Wildman–Crippen MR) is 98.6 cm³/mol. The summed E-state index contributed by atoms with van der Waals surface area (Å²) in [5, 5.41) is 2.85. The van der Waals surface area contributed by atoms with E-state index in [4.69, 9.17) is 0 Å². The number of thiazole rings is 1. The summed E-state index contributed by atoms with van der Waals surface area (Å²) in [6, 6.07) is 14.0. The average molecular weight is 348 g/mol. The Morgan fingerprint density at radius 1 is 1.16 bits per heavy atom. The van der Waals surface area contributed by atoms with Crippen molar-refractivity contribution in [1.82, 2.24) is 19.7 Å². The average Bonchev–Trinajstić information content (AvgIpc) is 3.20. The van der Waals surface area contributed by atoms with Gasteiger partial charge in [-0.3, -0.25) is 14.2 Å². The molecule has 1 amide bonds. The normalized spacial score (nSPS) is 10.9. The van der Waals surface area contributed by atoms with Crippen molar-refractivity contribution in [2.75, 3.05) is 0 Å². The second kappa shape index (κ2) is 6.49. The van der Waals surface area contributed by atoms with Crippen LogP contribution in [0.15, 0.2) is 61.1 Å². The van der Waals surface area contributed by atoms with Crippen molar-refractivity contribution in [2.45, 2.75) is 13.5 Å². The summed E-state index contributed by atoms with van der Waals surface area (Å²) in [7, 11) is 0. The van der Waals surface area contributed by atoms with Gasteiger partial charge in [-0.1, -0.05) is 47.2 Å². The minimum Gasteiger partial charge on any atom is -0.345 e. The summed E-state index contributed by atoms with van der Waals surface area (Å²) in [6.07, 6.45) is 5.48. The van der Waals surface area contributed by atoms with Crippen LogP contribution in [0, 0.1) is 6.92 Å². The number of carbonyl (C=O) groups is 1. The van der Waals surface area contributed by atoms with E-state index in [-0.39, 0.29) is 5.91 Å². The summed E-state index contributed by atoms with van der Waals surface area (Å²) >= 11 is 1.57. The second-order valence-electron chi connectivity index (χ2n) is 5.78. The molecule has 0 atom stereocenters. The van der Waals surface area contributed by atoms with Crippen molar-refractivity contribution in [1.29, 1.82) is 0 Å². The molecule has 1 aromatic carbocycles. The number of imidazole rings is 1. The van der Waals surface area contributed by atoms with Gasteiger partial charge in [0.05, 0.1) is 17.1 Å². The number of benzene rings is 1. The highest BCUT2D eigenvalue weighted by Crippen LogP contribution is 2.28. The van der Waals surface area contributed by atoms with Crippen LogP contribution in [-0.2, 0) is 6.54 Å². The number of amides is 1. The smallest absolute Gasteiger partial charge is 0.271 e. The summed E-state index contributed by atoms with van der Waals surface area (Å²) in [5.41, 5.74) is 3.62. The molecule has 0 aliphatic rings. The van der Waals surface area contributed by atoms with Crippen LogP contribution >= 0.6 is 11.3 Å². The second-order valence-corrected chi connectivity index (χ2v) is 6.79. The third kappa shape index (κ3) is 3.29. The fraction of sp³-hybridized carbons (Fsp3) is 0.105. The molecule has 3 aromatic heterocycles. The minimum atomic E-state index is -0.196. The van der Waals surface area contributed by atoms with Crippen molar-refractivity contribution < 1.29 is 4.79 Å². The maximum absolute atomic E-state index is 12.3. The van der Waals surface area contributed by atoms with E-state index in [0.717, 1.165) is 21.1 Å². The van der Waals surface area contributed by atoms with Crippen LogP contribution in [0.3, 0.4) is 0 Å². The largest absolute Gasteiger partial charge is 0.345 e. The van der Waals surface area contributed by atoms with E-state index >= 15 is 0 Å². The standard InChI is InChI=1S/C19H16N4OS/c1-13-5-7-14(8-6-13)17-12-23-11-16(22-19(23)25-17)18(24)21-10-15-4-2-3-9-20-15/h2-9,11-12H,10H2,1H3,(H,21,24). The first-order valence-electron chi connectivity index (χ1n) is 7.93. The Hall–Kier alpha value is -2.99. The van der Waals surface area contributed by atoms with E-state index in [1.807, 2.05) is 28.8 Å². The topological polar surface area (TPSA) is 59.3 Å². The van der Waals surface area contributed by atoms with Gasteiger partial charge in [0, 0.05) is 18.6 Å². The lowest BCUT2D eigenvalue weighted by Gasteiger charge is -2.01. The molecule has 0 saturated heterocycles. The number of aromatic nitrogens is 3. The molecule has 0 aliphatic carbocycles. The highest BCUT2D eigenvalue weighted by Gasteiger charge is 2.13. The summed E-state index contributed by atoms with van der Waals surface area (Å²) in [6.45, 7) is 2.46. The molecule has 1 N–H and O–H groups in total. The number of aryl methyl sites for hydroxylation is 1. The van der Waals surface area contributed by atoms with Gasteiger partial charge in [-0.25, -0.2) is 4.98 Å². The van der Waals surface area contributed by atoms with Crippen LogP contribution in [0.25, 0.3) is 15.4 Å². The van der Waals surface area contributed by atoms with Gasteiger partial charge < -0.3 is 5.32 Å². The van der Waals surface area contributed by atoms with Crippen LogP contribution in [0.2, 0.25) is 0 Å². The SMILES string of the molecule is Cc1ccc(-c2cn3cc(C(=O)NCc4ccccn4)nc3s2)cc1. The molecule has 0 bridgehead atoms. The van der Waals surface area contributed by atoms with Gasteiger partial charge in [-0.05, 0) is 24.6 Å². The molecule has 4 aromatic rings. The summed E-state index contributed by atoms with van der Waals surface area (Å²) < 4.78 is 1.90.